The molecule has 2 aromatic carbocycles. The number of hydrogen-bond acceptors (Lipinski definition) is 5. The number of nitrogens with zero attached hydrogens (tertiary/aromatic N) is 2. The van der Waals surface area contributed by atoms with E-state index in [2.05, 4.69) is 25.8 Å². The number of benzene rings is 2. The van der Waals surface area contributed by atoms with Crippen molar-refractivity contribution in [2.24, 2.45) is 5.92 Å². The first kappa shape index (κ1) is 32.3. The molecule has 0 spiro atoms. The van der Waals surface area contributed by atoms with E-state index >= 15 is 0 Å². The maximum absolute atomic E-state index is 13.2. The van der Waals surface area contributed by atoms with Crippen LogP contribution in [0, 0.1) is 5.92 Å². The molecule has 1 aliphatic heterocycles. The minimum atomic E-state index is -0.778. The van der Waals surface area contributed by atoms with E-state index in [0.717, 1.165) is 28.8 Å². The summed E-state index contributed by atoms with van der Waals surface area (Å²) in [6.45, 7) is 11.4. The fourth-order valence-electron chi connectivity index (χ4n) is 5.14. The summed E-state index contributed by atoms with van der Waals surface area (Å²) < 4.78 is 5.30. The van der Waals surface area contributed by atoms with Gasteiger partial charge in [-0.3, -0.25) is 14.6 Å². The van der Waals surface area contributed by atoms with Gasteiger partial charge in [0.05, 0.1) is 10.5 Å². The molecule has 0 saturated carbocycles. The summed E-state index contributed by atoms with van der Waals surface area (Å²) in [6.07, 6.45) is 6.79. The zero-order valence-corrected chi connectivity index (χ0v) is 25.9. The van der Waals surface area contributed by atoms with Gasteiger partial charge in [-0.25, -0.2) is 4.79 Å². The molecule has 2 aromatic heterocycles. The molecule has 218 valence electrons. The van der Waals surface area contributed by atoms with Gasteiger partial charge >= 0.3 is 5.63 Å². The number of hydrogen-bond donors (Lipinski definition) is 0. The molecule has 0 atom stereocenters. The second-order valence-corrected chi connectivity index (χ2v) is 10.8. The summed E-state index contributed by atoms with van der Waals surface area (Å²) >= 11 is 12.1. The first-order chi connectivity index (χ1) is 19.8. The number of amides is 1. The van der Waals surface area contributed by atoms with E-state index in [-0.39, 0.29) is 22.7 Å². The van der Waals surface area contributed by atoms with E-state index in [1.807, 2.05) is 38.1 Å². The summed E-state index contributed by atoms with van der Waals surface area (Å²) in [5, 5.41) is 1.75. The molecule has 0 N–H and O–H groups in total. The van der Waals surface area contributed by atoms with Crippen molar-refractivity contribution >= 4 is 57.3 Å². The molecule has 8 heteroatoms. The highest BCUT2D eigenvalue weighted by atomic mass is 35.5. The van der Waals surface area contributed by atoms with Crippen LogP contribution < -0.4 is 5.63 Å². The van der Waals surface area contributed by atoms with Gasteiger partial charge in [0.1, 0.15) is 5.56 Å². The Balaban J connectivity index is 0.000000402. The highest BCUT2D eigenvalue weighted by Gasteiger charge is 2.28. The van der Waals surface area contributed by atoms with Crippen molar-refractivity contribution in [3.8, 4) is 0 Å². The van der Waals surface area contributed by atoms with Crippen molar-refractivity contribution in [1.29, 1.82) is 0 Å². The van der Waals surface area contributed by atoms with Crippen molar-refractivity contribution in [1.82, 2.24) is 9.88 Å². The number of rotatable bonds is 6. The van der Waals surface area contributed by atoms with Gasteiger partial charge in [0.2, 0.25) is 0 Å². The van der Waals surface area contributed by atoms with Crippen LogP contribution in [0.25, 0.3) is 21.9 Å². The lowest BCUT2D eigenvalue weighted by molar-refractivity contribution is 0.0728. The van der Waals surface area contributed by atoms with E-state index in [9.17, 15) is 14.4 Å². The molecule has 0 unspecified atom stereocenters. The number of carbonyl (C=O) groups excluding carboxylic acids is 2. The first-order valence-corrected chi connectivity index (χ1v) is 15.1. The molecular formula is C33H38Cl2N2O4. The minimum Gasteiger partial charge on any atom is -0.421 e. The third kappa shape index (κ3) is 7.55. The second-order valence-electron chi connectivity index (χ2n) is 10.00. The van der Waals surface area contributed by atoms with Crippen LogP contribution in [0.15, 0.2) is 51.7 Å². The Kier molecular flexibility index (Phi) is 11.9. The normalized spacial score (nSPS) is 12.3. The fraction of sp³-hybridized carbons (Fsp3) is 0.394. The lowest BCUT2D eigenvalue weighted by atomic mass is 9.96. The first-order valence-electron chi connectivity index (χ1n) is 14.3. The highest BCUT2D eigenvalue weighted by Crippen LogP contribution is 2.30. The number of para-hydroxylation sites is 1. The number of aromatic nitrogens is 1. The third-order valence-electron chi connectivity index (χ3n) is 7.04. The van der Waals surface area contributed by atoms with Gasteiger partial charge in [-0.1, -0.05) is 102 Å². The Labute approximate surface area is 251 Å². The van der Waals surface area contributed by atoms with Gasteiger partial charge in [0, 0.05) is 52.1 Å². The molecule has 6 nitrogen and oxygen atoms in total. The Hall–Kier alpha value is -3.22. The SMILES string of the molecule is CC.CCCC(C)CCC.O=Cc1c2c(nc3ccccc13)CCN(C(=O)c1cc3cc(Cl)cc(Cl)c3oc1=O)C2. The Bertz CT molecular complexity index is 1580. The Morgan fingerprint density at radius 1 is 1.10 bits per heavy atom. The lowest BCUT2D eigenvalue weighted by Gasteiger charge is -2.29. The van der Waals surface area contributed by atoms with E-state index in [4.69, 9.17) is 27.6 Å². The van der Waals surface area contributed by atoms with Crippen LogP contribution in [0.4, 0.5) is 0 Å². The maximum Gasteiger partial charge on any atom is 0.349 e. The Morgan fingerprint density at radius 2 is 1.78 bits per heavy atom. The summed E-state index contributed by atoms with van der Waals surface area (Å²) in [6, 6.07) is 11.9. The zero-order valence-electron chi connectivity index (χ0n) is 24.4. The summed E-state index contributed by atoms with van der Waals surface area (Å²) in [4.78, 5) is 43.8. The smallest absolute Gasteiger partial charge is 0.349 e. The molecule has 41 heavy (non-hydrogen) atoms. The van der Waals surface area contributed by atoms with Crippen LogP contribution in [0.1, 0.15) is 92.3 Å². The molecule has 1 amide bonds. The van der Waals surface area contributed by atoms with Crippen LogP contribution in [-0.2, 0) is 13.0 Å². The molecule has 3 heterocycles. The van der Waals surface area contributed by atoms with Crippen molar-refractivity contribution in [2.45, 2.75) is 73.3 Å². The third-order valence-corrected chi connectivity index (χ3v) is 7.54. The topological polar surface area (TPSA) is 80.5 Å². The van der Waals surface area contributed by atoms with Crippen molar-refractivity contribution in [2.75, 3.05) is 6.54 Å². The van der Waals surface area contributed by atoms with Crippen LogP contribution in [0.3, 0.4) is 0 Å². The number of fused-ring (bicyclic) bond motifs is 3. The predicted molar refractivity (Wildman–Crippen MR) is 168 cm³/mol. The number of halogens is 2. The van der Waals surface area contributed by atoms with E-state index in [1.165, 1.54) is 42.7 Å². The average molecular weight is 598 g/mol. The molecule has 1 aliphatic rings. The molecular weight excluding hydrogens is 559 g/mol. The van der Waals surface area contributed by atoms with E-state index in [1.54, 1.807) is 6.07 Å². The number of aldehydes is 1. The molecule has 0 radical (unpaired) electrons. The minimum absolute atomic E-state index is 0.115. The molecule has 4 aromatic rings. The second kappa shape index (κ2) is 15.1. The van der Waals surface area contributed by atoms with Crippen LogP contribution in [0.2, 0.25) is 10.0 Å². The van der Waals surface area contributed by atoms with Crippen LogP contribution >= 0.6 is 23.2 Å². The lowest BCUT2D eigenvalue weighted by Crippen LogP contribution is -2.38. The van der Waals surface area contributed by atoms with Crippen LogP contribution in [-0.4, -0.2) is 28.6 Å². The molecule has 0 bridgehead atoms. The largest absolute Gasteiger partial charge is 0.421 e. The van der Waals surface area contributed by atoms with Gasteiger partial charge in [-0.05, 0) is 30.2 Å². The van der Waals surface area contributed by atoms with E-state index in [0.29, 0.717) is 34.5 Å². The maximum atomic E-state index is 13.2. The van der Waals surface area contributed by atoms with Crippen molar-refractivity contribution in [3.05, 3.63) is 85.3 Å². The quantitative estimate of drug-likeness (QED) is 0.164. The monoisotopic (exact) mass is 596 g/mol. The van der Waals surface area contributed by atoms with Crippen molar-refractivity contribution < 1.29 is 14.0 Å². The van der Waals surface area contributed by atoms with Crippen molar-refractivity contribution in [3.63, 3.8) is 0 Å². The van der Waals surface area contributed by atoms with Gasteiger partial charge in [0.15, 0.2) is 11.9 Å². The summed E-state index contributed by atoms with van der Waals surface area (Å²) in [7, 11) is 0. The highest BCUT2D eigenvalue weighted by molar-refractivity contribution is 6.38. The van der Waals surface area contributed by atoms with Gasteiger partial charge < -0.3 is 9.32 Å². The summed E-state index contributed by atoms with van der Waals surface area (Å²) in [5.74, 6) is 0.479. The van der Waals surface area contributed by atoms with Gasteiger partial charge in [-0.2, -0.15) is 0 Å². The van der Waals surface area contributed by atoms with Gasteiger partial charge in [0.25, 0.3) is 5.91 Å². The molecule has 0 aliphatic carbocycles. The van der Waals surface area contributed by atoms with Gasteiger partial charge in [-0.15, -0.1) is 0 Å². The molecule has 5 rings (SSSR count). The number of carbonyl (C=O) groups is 2. The number of pyridine rings is 1. The standard InChI is InChI=1S/C23H14Cl2N2O4.C8H18.C2H6/c24-13-7-12-8-15(23(30)31-21(12)18(25)9-13)22(29)27-6-5-20-16(10-27)17(11-28)14-3-1-2-4-19(14)26-20;1-4-6-8(3)7-5-2;1-2/h1-4,7-9,11H,5-6,10H2;8H,4-7H2,1-3H3;1-2H3. The predicted octanol–water partition coefficient (Wildman–Crippen LogP) is 8.91. The molecule has 0 saturated heterocycles. The Morgan fingerprint density at radius 3 is 2.44 bits per heavy atom. The van der Waals surface area contributed by atoms with Crippen LogP contribution in [0.5, 0.6) is 0 Å². The average Bonchev–Trinajstić information content (AvgIpc) is 2.97. The molecule has 0 fully saturated rings. The fourth-order valence-corrected chi connectivity index (χ4v) is 5.69. The summed E-state index contributed by atoms with van der Waals surface area (Å²) in [5.41, 5.74) is 2.03. The van der Waals surface area contributed by atoms with E-state index < -0.39 is 11.5 Å². The zero-order chi connectivity index (χ0) is 30.1.